The largest absolute Gasteiger partial charge is 0.370 e. The highest BCUT2D eigenvalue weighted by atomic mass is 16.7. The highest BCUT2D eigenvalue weighted by Crippen LogP contribution is 1.85. The highest BCUT2D eigenvalue weighted by Gasteiger charge is 1.96. The number of nitrogens with two attached hydrogens (primary N) is 1. The minimum atomic E-state index is -0.569. The molecule has 0 heterocycles. The van der Waals surface area contributed by atoms with Crippen molar-refractivity contribution in [3.05, 3.63) is 48.6 Å². The number of rotatable bonds is 1. The van der Waals surface area contributed by atoms with Crippen LogP contribution in [0.5, 0.6) is 0 Å². The molecular weight excluding hydrogens is 166 g/mol. The lowest BCUT2D eigenvalue weighted by atomic mass is 10.4. The molecule has 0 saturated carbocycles. The summed E-state index contributed by atoms with van der Waals surface area (Å²) < 4.78 is 0. The standard InChI is InChI=1S/C6H6.C4H7NO2/c1-2-4-6-5-3-1;1-3(2)4(6)7-5/h1-6H;1,5H2,2H3. The molecule has 0 bridgehead atoms. The van der Waals surface area contributed by atoms with Crippen LogP contribution in [-0.4, -0.2) is 5.97 Å². The van der Waals surface area contributed by atoms with Gasteiger partial charge in [-0.2, -0.15) is 5.90 Å². The zero-order valence-corrected chi connectivity index (χ0v) is 7.57. The Labute approximate surface area is 77.8 Å². The second-order valence-electron chi connectivity index (χ2n) is 2.34. The molecule has 0 amide bonds. The molecule has 2 N–H and O–H groups in total. The molecular formula is C10H13NO2. The van der Waals surface area contributed by atoms with Crippen molar-refractivity contribution in [1.82, 2.24) is 0 Å². The monoisotopic (exact) mass is 179 g/mol. The van der Waals surface area contributed by atoms with Gasteiger partial charge < -0.3 is 4.84 Å². The Bertz CT molecular complexity index is 230. The van der Waals surface area contributed by atoms with E-state index in [-0.39, 0.29) is 0 Å². The summed E-state index contributed by atoms with van der Waals surface area (Å²) >= 11 is 0. The molecule has 0 unspecified atom stereocenters. The van der Waals surface area contributed by atoms with Crippen molar-refractivity contribution < 1.29 is 9.63 Å². The highest BCUT2D eigenvalue weighted by molar-refractivity contribution is 5.86. The first kappa shape index (κ1) is 11.4. The predicted octanol–water partition coefficient (Wildman–Crippen LogP) is 1.67. The molecule has 0 radical (unpaired) electrons. The van der Waals surface area contributed by atoms with E-state index in [9.17, 15) is 4.79 Å². The van der Waals surface area contributed by atoms with Gasteiger partial charge in [0.25, 0.3) is 0 Å². The number of hydrogen-bond donors (Lipinski definition) is 1. The van der Waals surface area contributed by atoms with Crippen LogP contribution in [0.2, 0.25) is 0 Å². The zero-order valence-electron chi connectivity index (χ0n) is 7.57. The summed E-state index contributed by atoms with van der Waals surface area (Å²) in [7, 11) is 0. The Balaban J connectivity index is 0.000000223. The number of carbonyl (C=O) groups excluding carboxylic acids is 1. The molecule has 0 aliphatic rings. The molecule has 0 aliphatic carbocycles. The van der Waals surface area contributed by atoms with Crippen molar-refractivity contribution in [2.45, 2.75) is 6.92 Å². The summed E-state index contributed by atoms with van der Waals surface area (Å²) in [6.07, 6.45) is 0. The summed E-state index contributed by atoms with van der Waals surface area (Å²) in [4.78, 5) is 13.8. The van der Waals surface area contributed by atoms with Crippen molar-refractivity contribution in [3.8, 4) is 0 Å². The van der Waals surface area contributed by atoms with Crippen LogP contribution in [0.1, 0.15) is 6.92 Å². The zero-order chi connectivity index (χ0) is 10.1. The third-order valence-electron chi connectivity index (χ3n) is 1.12. The second-order valence-corrected chi connectivity index (χ2v) is 2.34. The maximum absolute atomic E-state index is 10.1. The van der Waals surface area contributed by atoms with Crippen molar-refractivity contribution >= 4 is 5.97 Å². The van der Waals surface area contributed by atoms with Gasteiger partial charge in [0.2, 0.25) is 0 Å². The van der Waals surface area contributed by atoms with Gasteiger partial charge in [0.1, 0.15) is 0 Å². The second kappa shape index (κ2) is 7.06. The van der Waals surface area contributed by atoms with Crippen LogP contribution in [0.3, 0.4) is 0 Å². The maximum atomic E-state index is 10.1. The molecule has 0 atom stereocenters. The summed E-state index contributed by atoms with van der Waals surface area (Å²) in [5.74, 6) is 3.89. The van der Waals surface area contributed by atoms with E-state index in [0.717, 1.165) is 0 Å². The molecule has 0 saturated heterocycles. The first-order valence-electron chi connectivity index (χ1n) is 3.75. The number of hydrogen-bond acceptors (Lipinski definition) is 3. The SMILES string of the molecule is C=C(C)C(=O)ON.c1ccccc1. The van der Waals surface area contributed by atoms with Gasteiger partial charge in [-0.1, -0.05) is 43.0 Å². The molecule has 3 heteroatoms. The molecule has 70 valence electrons. The minimum Gasteiger partial charge on any atom is -0.370 e. The normalized spacial score (nSPS) is 7.85. The Kier molecular flexibility index (Phi) is 6.19. The van der Waals surface area contributed by atoms with E-state index in [1.165, 1.54) is 6.92 Å². The van der Waals surface area contributed by atoms with Crippen LogP contribution in [0.25, 0.3) is 0 Å². The van der Waals surface area contributed by atoms with Crippen molar-refractivity contribution in [3.63, 3.8) is 0 Å². The molecule has 1 aromatic carbocycles. The van der Waals surface area contributed by atoms with Gasteiger partial charge in [0.05, 0.1) is 0 Å². The number of benzene rings is 1. The fraction of sp³-hybridized carbons (Fsp3) is 0.100. The molecule has 0 fully saturated rings. The van der Waals surface area contributed by atoms with Gasteiger partial charge in [-0.05, 0) is 6.92 Å². The Hall–Kier alpha value is -1.61. The van der Waals surface area contributed by atoms with Gasteiger partial charge in [-0.3, -0.25) is 0 Å². The Morgan fingerprint density at radius 1 is 1.15 bits per heavy atom. The van der Waals surface area contributed by atoms with E-state index in [1.54, 1.807) is 0 Å². The lowest BCUT2D eigenvalue weighted by Crippen LogP contribution is -2.09. The van der Waals surface area contributed by atoms with Crippen molar-refractivity contribution in [1.29, 1.82) is 0 Å². The van der Waals surface area contributed by atoms with E-state index in [4.69, 9.17) is 0 Å². The molecule has 1 aromatic rings. The van der Waals surface area contributed by atoms with Crippen LogP contribution in [0.15, 0.2) is 48.6 Å². The molecule has 0 aromatic heterocycles. The van der Waals surface area contributed by atoms with E-state index >= 15 is 0 Å². The quantitative estimate of drug-likeness (QED) is 0.527. The van der Waals surface area contributed by atoms with E-state index in [0.29, 0.717) is 5.57 Å². The molecule has 0 aliphatic heterocycles. The van der Waals surface area contributed by atoms with Crippen LogP contribution < -0.4 is 5.90 Å². The first-order valence-corrected chi connectivity index (χ1v) is 3.75. The van der Waals surface area contributed by atoms with Crippen LogP contribution in [-0.2, 0) is 9.63 Å². The summed E-state index contributed by atoms with van der Waals surface area (Å²) in [5, 5.41) is 0. The molecule has 1 rings (SSSR count). The van der Waals surface area contributed by atoms with E-state index in [2.05, 4.69) is 17.3 Å². The average molecular weight is 179 g/mol. The molecule has 3 nitrogen and oxygen atoms in total. The molecule has 13 heavy (non-hydrogen) atoms. The first-order chi connectivity index (χ1) is 6.18. The fourth-order valence-corrected chi connectivity index (χ4v) is 0.485. The summed E-state index contributed by atoms with van der Waals surface area (Å²) in [5.41, 5.74) is 0.308. The maximum Gasteiger partial charge on any atom is 0.351 e. The van der Waals surface area contributed by atoms with Crippen LogP contribution in [0.4, 0.5) is 0 Å². The van der Waals surface area contributed by atoms with Gasteiger partial charge in [-0.25, -0.2) is 4.79 Å². The summed E-state index contributed by atoms with van der Waals surface area (Å²) in [6.45, 7) is 4.79. The molecule has 0 spiro atoms. The van der Waals surface area contributed by atoms with Gasteiger partial charge in [0.15, 0.2) is 0 Å². The summed E-state index contributed by atoms with van der Waals surface area (Å²) in [6, 6.07) is 12.0. The predicted molar refractivity (Wildman–Crippen MR) is 51.5 cm³/mol. The van der Waals surface area contributed by atoms with Gasteiger partial charge in [0, 0.05) is 5.57 Å². The van der Waals surface area contributed by atoms with Gasteiger partial charge in [-0.15, -0.1) is 0 Å². The Morgan fingerprint density at radius 3 is 1.54 bits per heavy atom. The van der Waals surface area contributed by atoms with Gasteiger partial charge >= 0.3 is 5.97 Å². The van der Waals surface area contributed by atoms with Crippen LogP contribution in [0, 0.1) is 0 Å². The third-order valence-corrected chi connectivity index (χ3v) is 1.12. The lowest BCUT2D eigenvalue weighted by molar-refractivity contribution is -0.139. The minimum absolute atomic E-state index is 0.308. The smallest absolute Gasteiger partial charge is 0.351 e. The van der Waals surface area contributed by atoms with Crippen molar-refractivity contribution in [2.24, 2.45) is 5.90 Å². The third kappa shape index (κ3) is 6.77. The van der Waals surface area contributed by atoms with Crippen LogP contribution >= 0.6 is 0 Å². The average Bonchev–Trinajstić information content (AvgIpc) is 2.20. The lowest BCUT2D eigenvalue weighted by Gasteiger charge is -1.90. The van der Waals surface area contributed by atoms with E-state index < -0.39 is 5.97 Å². The topological polar surface area (TPSA) is 52.3 Å². The Morgan fingerprint density at radius 2 is 1.46 bits per heavy atom. The number of carbonyl (C=O) groups is 1. The van der Waals surface area contributed by atoms with E-state index in [1.807, 2.05) is 36.4 Å². The van der Waals surface area contributed by atoms with Crippen molar-refractivity contribution in [2.75, 3.05) is 0 Å². The fourth-order valence-electron chi connectivity index (χ4n) is 0.485.